The molecule has 5 rings (SSSR count). The molecule has 1 heterocycles. The predicted molar refractivity (Wildman–Crippen MR) is 167 cm³/mol. The Morgan fingerprint density at radius 1 is 0.927 bits per heavy atom. The number of nitrogens with one attached hydrogen (secondary N) is 1. The van der Waals surface area contributed by atoms with Gasteiger partial charge in [-0.1, -0.05) is 91.0 Å². The molecule has 1 saturated heterocycles. The number of aliphatic imine (C=N–C) groups is 1. The first-order valence-corrected chi connectivity index (χ1v) is 14.7. The van der Waals surface area contributed by atoms with Gasteiger partial charge in [0.15, 0.2) is 5.17 Å². The third kappa shape index (κ3) is 7.17. The van der Waals surface area contributed by atoms with Crippen molar-refractivity contribution in [3.8, 4) is 5.75 Å². The first kappa shape index (κ1) is 28.5. The van der Waals surface area contributed by atoms with Crippen LogP contribution in [0.15, 0.2) is 114 Å². The van der Waals surface area contributed by atoms with Gasteiger partial charge in [0.1, 0.15) is 11.0 Å². The van der Waals surface area contributed by atoms with E-state index in [2.05, 4.69) is 5.32 Å². The fraction of sp³-hybridized carbons (Fsp3) is 0.182. The number of amides is 2. The largest absolute Gasteiger partial charge is 0.494 e. The van der Waals surface area contributed by atoms with Gasteiger partial charge >= 0.3 is 0 Å². The fourth-order valence-corrected chi connectivity index (χ4v) is 5.85. The van der Waals surface area contributed by atoms with Crippen molar-refractivity contribution in [2.24, 2.45) is 4.99 Å². The summed E-state index contributed by atoms with van der Waals surface area (Å²) >= 11 is 7.41. The number of anilines is 1. The van der Waals surface area contributed by atoms with E-state index >= 15 is 0 Å². The van der Waals surface area contributed by atoms with Gasteiger partial charge in [0, 0.05) is 17.1 Å². The van der Waals surface area contributed by atoms with Gasteiger partial charge in [-0.25, -0.2) is 4.99 Å². The highest BCUT2D eigenvalue weighted by Gasteiger charge is 2.43. The molecule has 0 radical (unpaired) electrons. The van der Waals surface area contributed by atoms with Crippen LogP contribution in [0, 0.1) is 0 Å². The maximum Gasteiger partial charge on any atom is 0.243 e. The minimum absolute atomic E-state index is 0.00399. The third-order valence-corrected chi connectivity index (χ3v) is 7.89. The molecular formula is C33H30ClN3O3S. The Kier molecular flexibility index (Phi) is 9.39. The number of amidine groups is 1. The normalized spacial score (nSPS) is 15.9. The fourth-order valence-electron chi connectivity index (χ4n) is 4.55. The SMILES string of the molecule is CCCOc1ccc(NC(=O)CC2SC(=Nc3ccc(Cl)cc3)N(C(c3ccccc3)c3ccccc3)C2=O)cc1. The van der Waals surface area contributed by atoms with Gasteiger partial charge in [0.05, 0.1) is 18.3 Å². The highest BCUT2D eigenvalue weighted by Crippen LogP contribution is 2.40. The smallest absolute Gasteiger partial charge is 0.243 e. The Balaban J connectivity index is 1.43. The predicted octanol–water partition coefficient (Wildman–Crippen LogP) is 7.88. The van der Waals surface area contributed by atoms with E-state index in [0.717, 1.165) is 23.3 Å². The average Bonchev–Trinajstić information content (AvgIpc) is 3.28. The molecule has 1 N–H and O–H groups in total. The van der Waals surface area contributed by atoms with Crippen LogP contribution in [-0.4, -0.2) is 33.7 Å². The summed E-state index contributed by atoms with van der Waals surface area (Å²) in [5.74, 6) is 0.332. The summed E-state index contributed by atoms with van der Waals surface area (Å²) in [7, 11) is 0. The summed E-state index contributed by atoms with van der Waals surface area (Å²) < 4.78 is 5.62. The molecule has 2 amide bonds. The molecule has 0 saturated carbocycles. The highest BCUT2D eigenvalue weighted by molar-refractivity contribution is 8.15. The Morgan fingerprint density at radius 2 is 1.54 bits per heavy atom. The molecule has 0 bridgehead atoms. The number of nitrogens with zero attached hydrogens (tertiary/aromatic N) is 2. The van der Waals surface area contributed by atoms with E-state index in [1.165, 1.54) is 11.8 Å². The molecule has 0 aliphatic carbocycles. The molecule has 1 fully saturated rings. The van der Waals surface area contributed by atoms with Crippen LogP contribution in [0.5, 0.6) is 5.75 Å². The molecule has 0 spiro atoms. The second kappa shape index (κ2) is 13.5. The molecule has 8 heteroatoms. The van der Waals surface area contributed by atoms with E-state index in [4.69, 9.17) is 21.3 Å². The maximum atomic E-state index is 14.1. The lowest BCUT2D eigenvalue weighted by molar-refractivity contribution is -0.129. The number of thioether (sulfide) groups is 1. The number of benzene rings is 4. The van der Waals surface area contributed by atoms with Crippen LogP contribution >= 0.6 is 23.4 Å². The maximum absolute atomic E-state index is 14.1. The summed E-state index contributed by atoms with van der Waals surface area (Å²) in [5, 5.41) is 3.42. The van der Waals surface area contributed by atoms with Crippen LogP contribution in [0.25, 0.3) is 0 Å². The van der Waals surface area contributed by atoms with Crippen LogP contribution in [0.4, 0.5) is 11.4 Å². The Bertz CT molecular complexity index is 1460. The first-order valence-electron chi connectivity index (χ1n) is 13.5. The van der Waals surface area contributed by atoms with Crippen molar-refractivity contribution in [2.75, 3.05) is 11.9 Å². The van der Waals surface area contributed by atoms with Gasteiger partial charge in [-0.3, -0.25) is 14.5 Å². The average molecular weight is 584 g/mol. The van der Waals surface area contributed by atoms with Crippen molar-refractivity contribution in [1.29, 1.82) is 0 Å². The monoisotopic (exact) mass is 583 g/mol. The highest BCUT2D eigenvalue weighted by atomic mass is 35.5. The van der Waals surface area contributed by atoms with Gasteiger partial charge in [-0.05, 0) is 66.1 Å². The van der Waals surface area contributed by atoms with Crippen molar-refractivity contribution in [3.63, 3.8) is 0 Å². The van der Waals surface area contributed by atoms with Gasteiger partial charge in [-0.15, -0.1) is 0 Å². The van der Waals surface area contributed by atoms with Crippen molar-refractivity contribution < 1.29 is 14.3 Å². The van der Waals surface area contributed by atoms with Crippen molar-refractivity contribution in [1.82, 2.24) is 4.90 Å². The number of carbonyl (C=O) groups excluding carboxylic acids is 2. The van der Waals surface area contributed by atoms with E-state index < -0.39 is 11.3 Å². The van der Waals surface area contributed by atoms with E-state index in [1.807, 2.05) is 91.9 Å². The van der Waals surface area contributed by atoms with Gasteiger partial charge in [-0.2, -0.15) is 0 Å². The van der Waals surface area contributed by atoms with Gasteiger partial charge in [0.2, 0.25) is 11.8 Å². The van der Waals surface area contributed by atoms with Crippen molar-refractivity contribution in [2.45, 2.75) is 31.1 Å². The molecule has 1 atom stereocenters. The molecular weight excluding hydrogens is 554 g/mol. The summed E-state index contributed by atoms with van der Waals surface area (Å²) in [6.07, 6.45) is 0.922. The zero-order valence-corrected chi connectivity index (χ0v) is 24.1. The number of hydrogen-bond donors (Lipinski definition) is 1. The van der Waals surface area contributed by atoms with Gasteiger partial charge in [0.25, 0.3) is 0 Å². The molecule has 4 aromatic rings. The molecule has 1 unspecified atom stereocenters. The van der Waals surface area contributed by atoms with E-state index in [9.17, 15) is 9.59 Å². The number of hydrogen-bond acceptors (Lipinski definition) is 5. The van der Waals surface area contributed by atoms with Crippen molar-refractivity contribution in [3.05, 3.63) is 125 Å². The Labute approximate surface area is 249 Å². The van der Waals surface area contributed by atoms with Crippen LogP contribution in [0.1, 0.15) is 36.9 Å². The van der Waals surface area contributed by atoms with Crippen LogP contribution < -0.4 is 10.1 Å². The molecule has 4 aromatic carbocycles. The molecule has 6 nitrogen and oxygen atoms in total. The second-order valence-electron chi connectivity index (χ2n) is 9.53. The molecule has 0 aromatic heterocycles. The van der Waals surface area contributed by atoms with E-state index in [1.54, 1.807) is 29.2 Å². The zero-order valence-electron chi connectivity index (χ0n) is 22.6. The van der Waals surface area contributed by atoms with E-state index in [-0.39, 0.29) is 18.2 Å². The minimum Gasteiger partial charge on any atom is -0.494 e. The number of carbonyl (C=O) groups is 2. The van der Waals surface area contributed by atoms with Crippen molar-refractivity contribution >= 4 is 51.7 Å². The lowest BCUT2D eigenvalue weighted by Gasteiger charge is -2.29. The third-order valence-electron chi connectivity index (χ3n) is 6.49. The van der Waals surface area contributed by atoms with Crippen LogP contribution in [0.3, 0.4) is 0 Å². The minimum atomic E-state index is -0.636. The Morgan fingerprint density at radius 3 is 2.12 bits per heavy atom. The molecule has 41 heavy (non-hydrogen) atoms. The van der Waals surface area contributed by atoms with Gasteiger partial charge < -0.3 is 10.1 Å². The summed E-state index contributed by atoms with van der Waals surface area (Å²) in [6, 6.07) is 33.7. The molecule has 208 valence electrons. The number of rotatable bonds is 10. The van der Waals surface area contributed by atoms with Crippen LogP contribution in [0.2, 0.25) is 5.02 Å². The number of ether oxygens (including phenoxy) is 1. The standard InChI is InChI=1S/C33H30ClN3O3S/c1-2-21-40-28-19-17-26(18-20-28)35-30(38)22-29-32(39)37(33(41-29)36-27-15-13-25(34)14-16-27)31(23-9-5-3-6-10-23)24-11-7-4-8-12-24/h3-20,29,31H,2,21-22H2,1H3,(H,35,38). The summed E-state index contributed by atoms with van der Waals surface area (Å²) in [4.78, 5) is 33.8. The second-order valence-corrected chi connectivity index (χ2v) is 11.1. The molecule has 1 aliphatic heterocycles. The van der Waals surface area contributed by atoms with E-state index in [0.29, 0.717) is 28.2 Å². The first-order chi connectivity index (χ1) is 20.0. The summed E-state index contributed by atoms with van der Waals surface area (Å²) in [6.45, 7) is 2.68. The number of halogens is 1. The molecule has 1 aliphatic rings. The lowest BCUT2D eigenvalue weighted by Crippen LogP contribution is -2.37. The lowest BCUT2D eigenvalue weighted by atomic mass is 9.97. The summed E-state index contributed by atoms with van der Waals surface area (Å²) in [5.41, 5.74) is 3.22. The quantitative estimate of drug-likeness (QED) is 0.206. The van der Waals surface area contributed by atoms with Crippen LogP contribution in [-0.2, 0) is 9.59 Å². The zero-order chi connectivity index (χ0) is 28.6. The Hall–Kier alpha value is -4.07. The topological polar surface area (TPSA) is 71.0 Å².